The summed E-state index contributed by atoms with van der Waals surface area (Å²) in [5.41, 5.74) is 1.47. The Balaban J connectivity index is 1.90. The van der Waals surface area contributed by atoms with Crippen LogP contribution in [0.4, 0.5) is 10.5 Å². The van der Waals surface area contributed by atoms with Gasteiger partial charge >= 0.3 is 6.03 Å². The molecule has 0 saturated heterocycles. The van der Waals surface area contributed by atoms with Crippen molar-refractivity contribution < 1.29 is 9.90 Å². The summed E-state index contributed by atoms with van der Waals surface area (Å²) in [6.07, 6.45) is 5.00. The number of aromatic nitrogens is 2. The molecule has 1 saturated carbocycles. The predicted octanol–water partition coefficient (Wildman–Crippen LogP) is 1.15. The normalized spacial score (nSPS) is 23.7. The highest BCUT2D eigenvalue weighted by atomic mass is 16.3. The zero-order chi connectivity index (χ0) is 13.1. The molecular formula is C12H20N4O2. The molecule has 6 nitrogen and oxygen atoms in total. The molecule has 0 bridgehead atoms. The van der Waals surface area contributed by atoms with Crippen molar-refractivity contribution in [1.29, 1.82) is 0 Å². The van der Waals surface area contributed by atoms with Gasteiger partial charge in [-0.05, 0) is 19.8 Å². The molecule has 0 spiro atoms. The number of hydrogen-bond donors (Lipinski definition) is 3. The molecule has 2 atom stereocenters. The quantitative estimate of drug-likeness (QED) is 0.739. The third-order valence-corrected chi connectivity index (χ3v) is 3.31. The van der Waals surface area contributed by atoms with Gasteiger partial charge in [-0.2, -0.15) is 5.10 Å². The van der Waals surface area contributed by atoms with Crippen molar-refractivity contribution in [3.05, 3.63) is 11.9 Å². The van der Waals surface area contributed by atoms with Crippen LogP contribution >= 0.6 is 0 Å². The smallest absolute Gasteiger partial charge is 0.319 e. The average molecular weight is 252 g/mol. The first kappa shape index (κ1) is 12.9. The van der Waals surface area contributed by atoms with E-state index in [1.807, 2.05) is 6.92 Å². The van der Waals surface area contributed by atoms with Crippen LogP contribution in [0.1, 0.15) is 31.4 Å². The summed E-state index contributed by atoms with van der Waals surface area (Å²) in [7, 11) is 1.81. The second kappa shape index (κ2) is 5.39. The van der Waals surface area contributed by atoms with E-state index < -0.39 is 6.10 Å². The molecule has 0 unspecified atom stereocenters. The van der Waals surface area contributed by atoms with Crippen molar-refractivity contribution in [1.82, 2.24) is 15.1 Å². The number of rotatable bonds is 2. The van der Waals surface area contributed by atoms with Crippen LogP contribution in [-0.4, -0.2) is 33.1 Å². The maximum atomic E-state index is 11.8. The maximum absolute atomic E-state index is 11.8. The van der Waals surface area contributed by atoms with Crippen LogP contribution in [-0.2, 0) is 7.05 Å². The van der Waals surface area contributed by atoms with Crippen molar-refractivity contribution in [2.75, 3.05) is 5.32 Å². The summed E-state index contributed by atoms with van der Waals surface area (Å²) in [4.78, 5) is 11.8. The van der Waals surface area contributed by atoms with Crippen LogP contribution in [0.15, 0.2) is 6.20 Å². The Kier molecular flexibility index (Phi) is 3.86. The Morgan fingerprint density at radius 2 is 2.22 bits per heavy atom. The number of urea groups is 1. The van der Waals surface area contributed by atoms with Gasteiger partial charge in [-0.25, -0.2) is 4.79 Å². The highest BCUT2D eigenvalue weighted by Gasteiger charge is 2.24. The van der Waals surface area contributed by atoms with Crippen molar-refractivity contribution in [2.45, 2.75) is 44.8 Å². The summed E-state index contributed by atoms with van der Waals surface area (Å²) in [5, 5.41) is 19.5. The molecule has 100 valence electrons. The summed E-state index contributed by atoms with van der Waals surface area (Å²) in [6, 6.07) is -0.423. The van der Waals surface area contributed by atoms with Crippen molar-refractivity contribution in [3.8, 4) is 0 Å². The summed E-state index contributed by atoms with van der Waals surface area (Å²) in [5.74, 6) is 0. The molecule has 1 aromatic rings. The fraction of sp³-hybridized carbons (Fsp3) is 0.667. The number of aryl methyl sites for hydroxylation is 2. The number of nitrogens with zero attached hydrogens (tertiary/aromatic N) is 2. The molecule has 2 rings (SSSR count). The minimum atomic E-state index is -0.431. The van der Waals surface area contributed by atoms with Crippen LogP contribution < -0.4 is 10.6 Å². The highest BCUT2D eigenvalue weighted by molar-refractivity contribution is 5.89. The van der Waals surface area contributed by atoms with Crippen LogP contribution in [0.2, 0.25) is 0 Å². The van der Waals surface area contributed by atoms with Crippen LogP contribution in [0.3, 0.4) is 0 Å². The zero-order valence-electron chi connectivity index (χ0n) is 10.8. The van der Waals surface area contributed by atoms with Gasteiger partial charge < -0.3 is 15.7 Å². The largest absolute Gasteiger partial charge is 0.391 e. The van der Waals surface area contributed by atoms with E-state index in [0.717, 1.165) is 31.4 Å². The lowest BCUT2D eigenvalue weighted by atomic mass is 9.93. The number of nitrogens with one attached hydrogen (secondary N) is 2. The molecule has 18 heavy (non-hydrogen) atoms. The molecule has 1 aliphatic rings. The molecule has 1 fully saturated rings. The SMILES string of the molecule is Cc1nn(C)cc1NC(=O)N[C@H]1CCCC[C@@H]1O. The van der Waals surface area contributed by atoms with E-state index in [-0.39, 0.29) is 12.1 Å². The molecule has 6 heteroatoms. The molecular weight excluding hydrogens is 232 g/mol. The summed E-state index contributed by atoms with van der Waals surface area (Å²) >= 11 is 0. The Morgan fingerprint density at radius 3 is 2.83 bits per heavy atom. The highest BCUT2D eigenvalue weighted by Crippen LogP contribution is 2.18. The number of aliphatic hydroxyl groups is 1. The number of amides is 2. The lowest BCUT2D eigenvalue weighted by Gasteiger charge is -2.28. The molecule has 2 amide bonds. The van der Waals surface area contributed by atoms with Crippen molar-refractivity contribution >= 4 is 11.7 Å². The molecule has 3 N–H and O–H groups in total. The van der Waals surface area contributed by atoms with E-state index in [4.69, 9.17) is 0 Å². The topological polar surface area (TPSA) is 79.2 Å². The molecule has 0 aromatic carbocycles. The molecule has 1 aromatic heterocycles. The summed E-state index contributed by atoms with van der Waals surface area (Å²) in [6.45, 7) is 1.84. The van der Waals surface area contributed by atoms with Gasteiger partial charge in [0.2, 0.25) is 0 Å². The van der Waals surface area contributed by atoms with E-state index >= 15 is 0 Å². The zero-order valence-corrected chi connectivity index (χ0v) is 10.8. The van der Waals surface area contributed by atoms with Crippen LogP contribution in [0.5, 0.6) is 0 Å². The fourth-order valence-corrected chi connectivity index (χ4v) is 2.33. The maximum Gasteiger partial charge on any atom is 0.319 e. The Labute approximate surface area is 106 Å². The lowest BCUT2D eigenvalue weighted by molar-refractivity contribution is 0.0955. The minimum absolute atomic E-state index is 0.143. The number of hydrogen-bond acceptors (Lipinski definition) is 3. The number of anilines is 1. The monoisotopic (exact) mass is 252 g/mol. The van der Waals surface area contributed by atoms with Gasteiger partial charge in [-0.3, -0.25) is 4.68 Å². The van der Waals surface area contributed by atoms with Gasteiger partial charge in [-0.15, -0.1) is 0 Å². The lowest BCUT2D eigenvalue weighted by Crippen LogP contribution is -2.46. The summed E-state index contributed by atoms with van der Waals surface area (Å²) < 4.78 is 1.65. The second-order valence-corrected chi connectivity index (χ2v) is 4.86. The molecule has 1 heterocycles. The van der Waals surface area contributed by atoms with Crippen LogP contribution in [0, 0.1) is 6.92 Å². The standard InChI is InChI=1S/C12H20N4O2/c1-8-10(7-16(2)15-8)14-12(18)13-9-5-3-4-6-11(9)17/h7,9,11,17H,3-6H2,1-2H3,(H2,13,14,18)/t9-,11-/m0/s1. The fourth-order valence-electron chi connectivity index (χ4n) is 2.33. The Bertz CT molecular complexity index is 430. The molecule has 0 aliphatic heterocycles. The molecule has 0 radical (unpaired) electrons. The van der Waals surface area contributed by atoms with E-state index in [2.05, 4.69) is 15.7 Å². The second-order valence-electron chi connectivity index (χ2n) is 4.86. The third kappa shape index (κ3) is 3.01. The molecule has 1 aliphatic carbocycles. The Hall–Kier alpha value is -1.56. The number of carbonyl (C=O) groups excluding carboxylic acids is 1. The van der Waals surface area contributed by atoms with Gasteiger partial charge in [0, 0.05) is 13.2 Å². The predicted molar refractivity (Wildman–Crippen MR) is 68.4 cm³/mol. The van der Waals surface area contributed by atoms with Gasteiger partial charge in [-0.1, -0.05) is 12.8 Å². The number of aliphatic hydroxyl groups excluding tert-OH is 1. The first-order chi connectivity index (χ1) is 8.56. The van der Waals surface area contributed by atoms with E-state index in [1.54, 1.807) is 17.9 Å². The van der Waals surface area contributed by atoms with Gasteiger partial charge in [0.15, 0.2) is 0 Å². The first-order valence-electron chi connectivity index (χ1n) is 6.32. The first-order valence-corrected chi connectivity index (χ1v) is 6.32. The van der Waals surface area contributed by atoms with Gasteiger partial charge in [0.25, 0.3) is 0 Å². The minimum Gasteiger partial charge on any atom is -0.391 e. The van der Waals surface area contributed by atoms with E-state index in [0.29, 0.717) is 5.69 Å². The van der Waals surface area contributed by atoms with Crippen molar-refractivity contribution in [2.24, 2.45) is 7.05 Å². The average Bonchev–Trinajstić information content (AvgIpc) is 2.61. The third-order valence-electron chi connectivity index (χ3n) is 3.31. The van der Waals surface area contributed by atoms with E-state index in [1.165, 1.54) is 0 Å². The van der Waals surface area contributed by atoms with Crippen molar-refractivity contribution in [3.63, 3.8) is 0 Å². The number of carbonyl (C=O) groups is 1. The van der Waals surface area contributed by atoms with Gasteiger partial charge in [0.05, 0.1) is 23.5 Å². The van der Waals surface area contributed by atoms with E-state index in [9.17, 15) is 9.90 Å². The Morgan fingerprint density at radius 1 is 1.50 bits per heavy atom. The van der Waals surface area contributed by atoms with Gasteiger partial charge in [0.1, 0.15) is 0 Å². The van der Waals surface area contributed by atoms with Crippen LogP contribution in [0.25, 0.3) is 0 Å².